The van der Waals surface area contributed by atoms with E-state index in [1.807, 2.05) is 0 Å². The molecule has 0 amide bonds. The zero-order chi connectivity index (χ0) is 11.8. The first-order valence-corrected chi connectivity index (χ1v) is 4.65. The number of alkyl halides is 3. The van der Waals surface area contributed by atoms with Gasteiger partial charge in [-0.25, -0.2) is 0 Å². The molecule has 0 aliphatic carbocycles. The highest BCUT2D eigenvalue weighted by Gasteiger charge is 2.38. The molecule has 2 rings (SSSR count). The highest BCUT2D eigenvalue weighted by molar-refractivity contribution is 5.78. The third-order valence-electron chi connectivity index (χ3n) is 2.32. The summed E-state index contributed by atoms with van der Waals surface area (Å²) in [5, 5.41) is 0.653. The Morgan fingerprint density at radius 1 is 1.19 bits per heavy atom. The molecule has 0 saturated carbocycles. The third kappa shape index (κ3) is 1.99. The first-order valence-electron chi connectivity index (χ1n) is 4.65. The molecule has 84 valence electrons. The summed E-state index contributed by atoms with van der Waals surface area (Å²) in [4.78, 5) is 3.94. The quantitative estimate of drug-likeness (QED) is 0.812. The van der Waals surface area contributed by atoms with Gasteiger partial charge in [0.2, 0.25) is 0 Å². The van der Waals surface area contributed by atoms with Crippen LogP contribution in [0.1, 0.15) is 11.6 Å². The second-order valence-electron chi connectivity index (χ2n) is 3.48. The summed E-state index contributed by atoms with van der Waals surface area (Å²) in [7, 11) is 0. The number of benzene rings is 1. The Labute approximate surface area is 89.9 Å². The maximum absolute atomic E-state index is 12.4. The van der Waals surface area contributed by atoms with E-state index in [4.69, 9.17) is 5.73 Å². The molecule has 0 aliphatic heterocycles. The minimum absolute atomic E-state index is 0.0220. The minimum Gasteiger partial charge on any atom is -0.316 e. The van der Waals surface area contributed by atoms with Crippen molar-refractivity contribution < 1.29 is 13.2 Å². The standard InChI is InChI=1S/C11H9F3N2/c12-11(13,14)10(15)8-5-7-3-1-2-4-9(7)16-6-8/h1-6,10H,15H2. The van der Waals surface area contributed by atoms with Crippen molar-refractivity contribution >= 4 is 10.9 Å². The van der Waals surface area contributed by atoms with Crippen LogP contribution in [0.15, 0.2) is 36.5 Å². The van der Waals surface area contributed by atoms with Crippen LogP contribution >= 0.6 is 0 Å². The molecule has 1 atom stereocenters. The Hall–Kier alpha value is -1.62. The number of rotatable bonds is 1. The van der Waals surface area contributed by atoms with Crippen molar-refractivity contribution in [1.82, 2.24) is 4.98 Å². The summed E-state index contributed by atoms with van der Waals surface area (Å²) in [5.41, 5.74) is 5.73. The van der Waals surface area contributed by atoms with Gasteiger partial charge in [-0.15, -0.1) is 0 Å². The van der Waals surface area contributed by atoms with Crippen LogP contribution in [0, 0.1) is 0 Å². The predicted octanol–water partition coefficient (Wildman–Crippen LogP) is 2.80. The van der Waals surface area contributed by atoms with Gasteiger partial charge in [0, 0.05) is 11.6 Å². The van der Waals surface area contributed by atoms with Crippen LogP contribution < -0.4 is 5.73 Å². The van der Waals surface area contributed by atoms with E-state index in [-0.39, 0.29) is 5.56 Å². The van der Waals surface area contributed by atoms with Gasteiger partial charge in [0.1, 0.15) is 6.04 Å². The smallest absolute Gasteiger partial charge is 0.316 e. The Balaban J connectivity index is 2.47. The summed E-state index contributed by atoms with van der Waals surface area (Å²) in [6, 6.07) is 6.39. The molecule has 0 aliphatic rings. The van der Waals surface area contributed by atoms with Crippen molar-refractivity contribution in [2.24, 2.45) is 5.73 Å². The average molecular weight is 226 g/mol. The van der Waals surface area contributed by atoms with Crippen molar-refractivity contribution in [2.45, 2.75) is 12.2 Å². The Morgan fingerprint density at radius 3 is 2.56 bits per heavy atom. The van der Waals surface area contributed by atoms with Gasteiger partial charge in [-0.2, -0.15) is 13.2 Å². The van der Waals surface area contributed by atoms with Crippen LogP contribution in [0.3, 0.4) is 0 Å². The minimum atomic E-state index is -4.44. The van der Waals surface area contributed by atoms with Gasteiger partial charge >= 0.3 is 6.18 Å². The van der Waals surface area contributed by atoms with Crippen LogP contribution in [0.5, 0.6) is 0 Å². The zero-order valence-corrected chi connectivity index (χ0v) is 8.20. The SMILES string of the molecule is NC(c1cnc2ccccc2c1)C(F)(F)F. The van der Waals surface area contributed by atoms with Gasteiger partial charge in [-0.05, 0) is 17.7 Å². The lowest BCUT2D eigenvalue weighted by molar-refractivity contribution is -0.149. The van der Waals surface area contributed by atoms with Gasteiger partial charge < -0.3 is 5.73 Å². The van der Waals surface area contributed by atoms with Gasteiger partial charge in [0.05, 0.1) is 5.52 Å². The van der Waals surface area contributed by atoms with Crippen molar-refractivity contribution in [2.75, 3.05) is 0 Å². The number of pyridine rings is 1. The number of aromatic nitrogens is 1. The Bertz CT molecular complexity index is 508. The van der Waals surface area contributed by atoms with E-state index < -0.39 is 12.2 Å². The van der Waals surface area contributed by atoms with Gasteiger partial charge in [-0.3, -0.25) is 4.98 Å². The van der Waals surface area contributed by atoms with Gasteiger partial charge in [0.25, 0.3) is 0 Å². The number of nitrogens with zero attached hydrogens (tertiary/aromatic N) is 1. The van der Waals surface area contributed by atoms with E-state index in [0.29, 0.717) is 10.9 Å². The molecular weight excluding hydrogens is 217 g/mol. The van der Waals surface area contributed by atoms with Crippen LogP contribution in [0.2, 0.25) is 0 Å². The largest absolute Gasteiger partial charge is 0.407 e. The molecular formula is C11H9F3N2. The number of hydrogen-bond donors (Lipinski definition) is 1. The Kier molecular flexibility index (Phi) is 2.55. The molecule has 0 fully saturated rings. The maximum Gasteiger partial charge on any atom is 0.407 e. The lowest BCUT2D eigenvalue weighted by Gasteiger charge is -2.15. The molecule has 2 N–H and O–H groups in total. The second kappa shape index (κ2) is 3.75. The van der Waals surface area contributed by atoms with E-state index in [1.54, 1.807) is 24.3 Å². The fourth-order valence-electron chi connectivity index (χ4n) is 1.45. The number of para-hydroxylation sites is 1. The van der Waals surface area contributed by atoms with Crippen molar-refractivity contribution in [1.29, 1.82) is 0 Å². The lowest BCUT2D eigenvalue weighted by Crippen LogP contribution is -2.28. The first-order chi connectivity index (χ1) is 7.48. The van der Waals surface area contributed by atoms with E-state index in [9.17, 15) is 13.2 Å². The number of halogens is 3. The summed E-state index contributed by atoms with van der Waals surface area (Å²) >= 11 is 0. The monoisotopic (exact) mass is 226 g/mol. The molecule has 1 aromatic heterocycles. The lowest BCUT2D eigenvalue weighted by atomic mass is 10.1. The molecule has 0 radical (unpaired) electrons. The van der Waals surface area contributed by atoms with Crippen LogP contribution in [0.4, 0.5) is 13.2 Å². The van der Waals surface area contributed by atoms with Crippen molar-refractivity contribution in [3.63, 3.8) is 0 Å². The number of hydrogen-bond acceptors (Lipinski definition) is 2. The molecule has 1 unspecified atom stereocenters. The van der Waals surface area contributed by atoms with E-state index in [1.165, 1.54) is 12.3 Å². The summed E-state index contributed by atoms with van der Waals surface area (Å²) in [6.07, 6.45) is -3.27. The molecule has 0 spiro atoms. The highest BCUT2D eigenvalue weighted by atomic mass is 19.4. The number of fused-ring (bicyclic) bond motifs is 1. The fraction of sp³-hybridized carbons (Fsp3) is 0.182. The predicted molar refractivity (Wildman–Crippen MR) is 54.7 cm³/mol. The van der Waals surface area contributed by atoms with Crippen LogP contribution in [-0.4, -0.2) is 11.2 Å². The maximum atomic E-state index is 12.4. The van der Waals surface area contributed by atoms with E-state index in [2.05, 4.69) is 4.98 Å². The van der Waals surface area contributed by atoms with Crippen molar-refractivity contribution in [3.05, 3.63) is 42.1 Å². The summed E-state index contributed by atoms with van der Waals surface area (Å²) in [5.74, 6) is 0. The van der Waals surface area contributed by atoms with Gasteiger partial charge in [0.15, 0.2) is 0 Å². The highest BCUT2D eigenvalue weighted by Crippen LogP contribution is 2.31. The third-order valence-corrected chi connectivity index (χ3v) is 2.32. The molecule has 1 aromatic carbocycles. The Morgan fingerprint density at radius 2 is 1.88 bits per heavy atom. The van der Waals surface area contributed by atoms with Crippen LogP contribution in [-0.2, 0) is 0 Å². The zero-order valence-electron chi connectivity index (χ0n) is 8.20. The molecule has 0 bridgehead atoms. The fourth-order valence-corrected chi connectivity index (χ4v) is 1.45. The second-order valence-corrected chi connectivity index (χ2v) is 3.48. The van der Waals surface area contributed by atoms with E-state index in [0.717, 1.165) is 0 Å². The molecule has 2 aromatic rings. The van der Waals surface area contributed by atoms with E-state index >= 15 is 0 Å². The molecule has 2 nitrogen and oxygen atoms in total. The topological polar surface area (TPSA) is 38.9 Å². The summed E-state index contributed by atoms with van der Waals surface area (Å²) < 4.78 is 37.1. The molecule has 16 heavy (non-hydrogen) atoms. The molecule has 1 heterocycles. The van der Waals surface area contributed by atoms with Crippen molar-refractivity contribution in [3.8, 4) is 0 Å². The normalized spacial score (nSPS) is 14.0. The van der Waals surface area contributed by atoms with Gasteiger partial charge in [-0.1, -0.05) is 18.2 Å². The summed E-state index contributed by atoms with van der Waals surface area (Å²) in [6.45, 7) is 0. The molecule has 5 heteroatoms. The number of nitrogens with two attached hydrogens (primary N) is 1. The molecule has 0 saturated heterocycles. The first kappa shape index (κ1) is 10.9. The van der Waals surface area contributed by atoms with Crippen LogP contribution in [0.25, 0.3) is 10.9 Å². The average Bonchev–Trinajstić information content (AvgIpc) is 2.26.